The summed E-state index contributed by atoms with van der Waals surface area (Å²) in [6.45, 7) is 6.63. The van der Waals surface area contributed by atoms with Gasteiger partial charge in [-0.25, -0.2) is 0 Å². The van der Waals surface area contributed by atoms with Gasteiger partial charge in [0.05, 0.1) is 7.11 Å². The standard InChI is InChI=1S/C15H20N2O3/c1-3-6-20-13-5-4-12(7-14(13)19-2)15(18)17-10-11-8-16-9-11/h3-5,7,11,16H,1,6,8-10H2,2H3,(H,17,18). The lowest BCUT2D eigenvalue weighted by Gasteiger charge is -2.27. The van der Waals surface area contributed by atoms with Gasteiger partial charge >= 0.3 is 0 Å². The van der Waals surface area contributed by atoms with Crippen LogP contribution < -0.4 is 20.1 Å². The quantitative estimate of drug-likeness (QED) is 0.735. The van der Waals surface area contributed by atoms with Crippen molar-refractivity contribution in [2.45, 2.75) is 0 Å². The Morgan fingerprint density at radius 3 is 2.90 bits per heavy atom. The van der Waals surface area contributed by atoms with Crippen LogP contribution in [-0.2, 0) is 0 Å². The molecule has 1 fully saturated rings. The summed E-state index contributed by atoms with van der Waals surface area (Å²) in [5.74, 6) is 1.60. The first-order valence-electron chi connectivity index (χ1n) is 6.65. The summed E-state index contributed by atoms with van der Waals surface area (Å²) in [6.07, 6.45) is 1.66. The maximum atomic E-state index is 12.0. The zero-order valence-corrected chi connectivity index (χ0v) is 11.6. The highest BCUT2D eigenvalue weighted by atomic mass is 16.5. The summed E-state index contributed by atoms with van der Waals surface area (Å²) in [5, 5.41) is 6.10. The third-order valence-corrected chi connectivity index (χ3v) is 3.20. The SMILES string of the molecule is C=CCOc1ccc(C(=O)NCC2CNC2)cc1OC. The van der Waals surface area contributed by atoms with Crippen LogP contribution in [0.1, 0.15) is 10.4 Å². The maximum absolute atomic E-state index is 12.0. The molecule has 0 bridgehead atoms. The van der Waals surface area contributed by atoms with E-state index in [1.807, 2.05) is 0 Å². The van der Waals surface area contributed by atoms with Crippen LogP contribution >= 0.6 is 0 Å². The van der Waals surface area contributed by atoms with E-state index >= 15 is 0 Å². The summed E-state index contributed by atoms with van der Waals surface area (Å²) in [7, 11) is 1.55. The highest BCUT2D eigenvalue weighted by Gasteiger charge is 2.18. The largest absolute Gasteiger partial charge is 0.493 e. The summed E-state index contributed by atoms with van der Waals surface area (Å²) < 4.78 is 10.7. The fourth-order valence-corrected chi connectivity index (χ4v) is 1.91. The predicted molar refractivity (Wildman–Crippen MR) is 77.4 cm³/mol. The van der Waals surface area contributed by atoms with Crippen LogP contribution in [0.25, 0.3) is 0 Å². The highest BCUT2D eigenvalue weighted by molar-refractivity contribution is 5.94. The molecule has 108 valence electrons. The van der Waals surface area contributed by atoms with Gasteiger partial charge in [-0.3, -0.25) is 4.79 Å². The Morgan fingerprint density at radius 1 is 1.50 bits per heavy atom. The number of hydrogen-bond donors (Lipinski definition) is 2. The van der Waals surface area contributed by atoms with Crippen LogP contribution in [0.15, 0.2) is 30.9 Å². The van der Waals surface area contributed by atoms with Gasteiger partial charge in [0.15, 0.2) is 11.5 Å². The van der Waals surface area contributed by atoms with Crippen molar-refractivity contribution in [3.8, 4) is 11.5 Å². The first-order valence-corrected chi connectivity index (χ1v) is 6.65. The molecule has 0 saturated carbocycles. The van der Waals surface area contributed by atoms with Crippen molar-refractivity contribution in [2.24, 2.45) is 5.92 Å². The fraction of sp³-hybridized carbons (Fsp3) is 0.400. The van der Waals surface area contributed by atoms with Crippen LogP contribution in [0.3, 0.4) is 0 Å². The average molecular weight is 276 g/mol. The highest BCUT2D eigenvalue weighted by Crippen LogP contribution is 2.28. The summed E-state index contributed by atoms with van der Waals surface area (Å²) in [6, 6.07) is 5.16. The van der Waals surface area contributed by atoms with Gasteiger partial charge in [-0.05, 0) is 18.2 Å². The van der Waals surface area contributed by atoms with E-state index in [4.69, 9.17) is 9.47 Å². The Morgan fingerprint density at radius 2 is 2.30 bits per heavy atom. The van der Waals surface area contributed by atoms with Crippen molar-refractivity contribution in [3.63, 3.8) is 0 Å². The molecule has 1 aromatic carbocycles. The van der Waals surface area contributed by atoms with Gasteiger partial charge in [0.2, 0.25) is 0 Å². The van der Waals surface area contributed by atoms with E-state index in [9.17, 15) is 4.79 Å². The number of benzene rings is 1. The van der Waals surface area contributed by atoms with E-state index in [0.717, 1.165) is 13.1 Å². The third kappa shape index (κ3) is 3.51. The summed E-state index contributed by atoms with van der Waals surface area (Å²) in [4.78, 5) is 12.0. The molecule has 5 nitrogen and oxygen atoms in total. The number of amides is 1. The van der Waals surface area contributed by atoms with Gasteiger partial charge in [-0.15, -0.1) is 0 Å². The van der Waals surface area contributed by atoms with Crippen LogP contribution in [0.4, 0.5) is 0 Å². The lowest BCUT2D eigenvalue weighted by atomic mass is 10.0. The van der Waals surface area contributed by atoms with E-state index in [1.165, 1.54) is 0 Å². The number of methoxy groups -OCH3 is 1. The first-order chi connectivity index (χ1) is 9.74. The van der Waals surface area contributed by atoms with Crippen molar-refractivity contribution >= 4 is 5.91 Å². The second-order valence-corrected chi connectivity index (χ2v) is 4.70. The summed E-state index contributed by atoms with van der Waals surface area (Å²) >= 11 is 0. The van der Waals surface area contributed by atoms with Crippen molar-refractivity contribution in [1.82, 2.24) is 10.6 Å². The Balaban J connectivity index is 1.99. The van der Waals surface area contributed by atoms with E-state index in [-0.39, 0.29) is 5.91 Å². The van der Waals surface area contributed by atoms with E-state index in [2.05, 4.69) is 17.2 Å². The smallest absolute Gasteiger partial charge is 0.251 e. The zero-order chi connectivity index (χ0) is 14.4. The topological polar surface area (TPSA) is 59.6 Å². The van der Waals surface area contributed by atoms with Crippen molar-refractivity contribution < 1.29 is 14.3 Å². The van der Waals surface area contributed by atoms with Gasteiger partial charge in [-0.2, -0.15) is 0 Å². The van der Waals surface area contributed by atoms with Crippen LogP contribution in [0.2, 0.25) is 0 Å². The molecule has 2 rings (SSSR count). The van der Waals surface area contributed by atoms with Crippen LogP contribution in [0, 0.1) is 5.92 Å². The Bertz CT molecular complexity index is 484. The number of rotatable bonds is 7. The predicted octanol–water partition coefficient (Wildman–Crippen LogP) is 1.21. The van der Waals surface area contributed by atoms with E-state index in [1.54, 1.807) is 31.4 Å². The minimum Gasteiger partial charge on any atom is -0.493 e. The molecule has 1 amide bonds. The third-order valence-electron chi connectivity index (χ3n) is 3.20. The molecular weight excluding hydrogens is 256 g/mol. The minimum absolute atomic E-state index is 0.0922. The Hall–Kier alpha value is -2.01. The molecule has 2 N–H and O–H groups in total. The number of carbonyl (C=O) groups is 1. The monoisotopic (exact) mass is 276 g/mol. The molecule has 0 unspecified atom stereocenters. The van der Waals surface area contributed by atoms with Crippen LogP contribution in [-0.4, -0.2) is 39.3 Å². The van der Waals surface area contributed by atoms with Gasteiger partial charge in [0.25, 0.3) is 5.91 Å². The van der Waals surface area contributed by atoms with Gasteiger partial charge in [0.1, 0.15) is 6.61 Å². The zero-order valence-electron chi connectivity index (χ0n) is 11.6. The van der Waals surface area contributed by atoms with Gasteiger partial charge in [0, 0.05) is 31.1 Å². The van der Waals surface area contributed by atoms with Crippen molar-refractivity contribution in [3.05, 3.63) is 36.4 Å². The van der Waals surface area contributed by atoms with E-state index in [0.29, 0.717) is 36.1 Å². The molecule has 1 aliphatic heterocycles. The molecule has 20 heavy (non-hydrogen) atoms. The molecule has 0 radical (unpaired) electrons. The molecule has 0 atom stereocenters. The summed E-state index contributed by atoms with van der Waals surface area (Å²) in [5.41, 5.74) is 0.570. The normalized spacial score (nSPS) is 14.2. The van der Waals surface area contributed by atoms with Gasteiger partial charge in [-0.1, -0.05) is 12.7 Å². The molecule has 1 saturated heterocycles. The average Bonchev–Trinajstić information content (AvgIpc) is 2.43. The number of hydrogen-bond acceptors (Lipinski definition) is 4. The molecule has 1 aromatic rings. The molecule has 1 heterocycles. The molecule has 0 aromatic heterocycles. The minimum atomic E-state index is -0.0922. The lowest BCUT2D eigenvalue weighted by Crippen LogP contribution is -2.48. The Kier molecular flexibility index (Phi) is 5.01. The molecule has 0 aliphatic carbocycles. The van der Waals surface area contributed by atoms with Crippen molar-refractivity contribution in [2.75, 3.05) is 33.4 Å². The molecule has 0 spiro atoms. The fourth-order valence-electron chi connectivity index (χ4n) is 1.91. The maximum Gasteiger partial charge on any atom is 0.251 e. The molecule has 5 heteroatoms. The molecule has 1 aliphatic rings. The lowest BCUT2D eigenvalue weighted by molar-refractivity contribution is 0.0942. The number of carbonyl (C=O) groups excluding carboxylic acids is 1. The first kappa shape index (κ1) is 14.4. The molecular formula is C15H20N2O3. The van der Waals surface area contributed by atoms with Gasteiger partial charge < -0.3 is 20.1 Å². The van der Waals surface area contributed by atoms with Crippen LogP contribution in [0.5, 0.6) is 11.5 Å². The second-order valence-electron chi connectivity index (χ2n) is 4.70. The van der Waals surface area contributed by atoms with Crippen molar-refractivity contribution in [1.29, 1.82) is 0 Å². The number of nitrogens with one attached hydrogen (secondary N) is 2. The van der Waals surface area contributed by atoms with E-state index < -0.39 is 0 Å². The second kappa shape index (κ2) is 6.96. The Labute approximate surface area is 119 Å². The number of ether oxygens (including phenoxy) is 2.